The average molecular weight is 424 g/mol. The van der Waals surface area contributed by atoms with Crippen LogP contribution in [0.25, 0.3) is 11.3 Å². The summed E-state index contributed by atoms with van der Waals surface area (Å²) in [6.07, 6.45) is 0.308. The summed E-state index contributed by atoms with van der Waals surface area (Å²) in [5.41, 5.74) is 3.23. The van der Waals surface area contributed by atoms with Crippen molar-refractivity contribution in [3.63, 3.8) is 0 Å². The molecular weight excluding hydrogens is 406 g/mol. The van der Waals surface area contributed by atoms with Gasteiger partial charge in [-0.1, -0.05) is 54.1 Å². The minimum atomic E-state index is -4.17. The molecule has 146 valence electrons. The summed E-state index contributed by atoms with van der Waals surface area (Å²) in [4.78, 5) is 30.0. The fourth-order valence-electron chi connectivity index (χ4n) is 3.36. The second-order valence-corrected chi connectivity index (χ2v) is 8.97. The SMILES string of the molecule is N#CC(C#N)=C1C(Cl)=C(N(CCC[Si](O)(O)O)c2ccccc2)c2ccccc21. The van der Waals surface area contributed by atoms with Crippen LogP contribution >= 0.6 is 11.6 Å². The van der Waals surface area contributed by atoms with Gasteiger partial charge in [-0.3, -0.25) is 0 Å². The maximum Gasteiger partial charge on any atom is 0.492 e. The van der Waals surface area contributed by atoms with Crippen LogP contribution in [0.2, 0.25) is 6.04 Å². The number of rotatable bonds is 6. The lowest BCUT2D eigenvalue weighted by Gasteiger charge is -2.27. The minimum Gasteiger partial charge on any atom is -0.390 e. The number of halogens is 1. The molecule has 2 aromatic carbocycles. The van der Waals surface area contributed by atoms with Crippen LogP contribution in [-0.2, 0) is 0 Å². The molecule has 1 aliphatic rings. The van der Waals surface area contributed by atoms with Gasteiger partial charge >= 0.3 is 8.80 Å². The Kier molecular flexibility index (Phi) is 6.19. The molecular formula is C21H18ClN3O3Si. The topological polar surface area (TPSA) is 112 Å². The highest BCUT2D eigenvalue weighted by Crippen LogP contribution is 2.47. The van der Waals surface area contributed by atoms with E-state index < -0.39 is 8.80 Å². The van der Waals surface area contributed by atoms with Gasteiger partial charge in [0, 0.05) is 29.4 Å². The van der Waals surface area contributed by atoms with Gasteiger partial charge in [0.2, 0.25) is 0 Å². The third kappa shape index (κ3) is 4.41. The maximum absolute atomic E-state index is 9.40. The van der Waals surface area contributed by atoms with Crippen molar-refractivity contribution in [1.29, 1.82) is 10.5 Å². The van der Waals surface area contributed by atoms with Gasteiger partial charge in [0.15, 0.2) is 0 Å². The Morgan fingerprint density at radius 2 is 1.52 bits per heavy atom. The largest absolute Gasteiger partial charge is 0.492 e. The van der Waals surface area contributed by atoms with E-state index in [-0.39, 0.29) is 16.6 Å². The van der Waals surface area contributed by atoms with Crippen molar-refractivity contribution >= 4 is 37.4 Å². The van der Waals surface area contributed by atoms with Gasteiger partial charge in [-0.15, -0.1) is 0 Å². The fourth-order valence-corrected chi connectivity index (χ4v) is 4.39. The van der Waals surface area contributed by atoms with Crippen LogP contribution in [0.4, 0.5) is 5.69 Å². The number of nitriles is 2. The van der Waals surface area contributed by atoms with Gasteiger partial charge in [0.25, 0.3) is 0 Å². The van der Waals surface area contributed by atoms with E-state index in [0.717, 1.165) is 11.3 Å². The predicted octanol–water partition coefficient (Wildman–Crippen LogP) is 3.22. The van der Waals surface area contributed by atoms with Gasteiger partial charge < -0.3 is 19.3 Å². The quantitative estimate of drug-likeness (QED) is 0.485. The van der Waals surface area contributed by atoms with E-state index in [1.165, 1.54) is 0 Å². The van der Waals surface area contributed by atoms with Crippen LogP contribution in [0.15, 0.2) is 65.2 Å². The summed E-state index contributed by atoms with van der Waals surface area (Å²) in [7, 11) is -4.17. The number of hydrogen-bond acceptors (Lipinski definition) is 6. The fraction of sp³-hybridized carbons (Fsp3) is 0.143. The first-order valence-electron chi connectivity index (χ1n) is 8.91. The van der Waals surface area contributed by atoms with Crippen molar-refractivity contribution in [2.75, 3.05) is 11.4 Å². The summed E-state index contributed by atoms with van der Waals surface area (Å²) in [6.45, 7) is 0.349. The molecule has 0 fully saturated rings. The first kappa shape index (κ1) is 20.8. The van der Waals surface area contributed by atoms with Crippen molar-refractivity contribution in [2.24, 2.45) is 0 Å². The number of benzene rings is 2. The molecule has 0 saturated carbocycles. The number of para-hydroxylation sites is 1. The highest BCUT2D eigenvalue weighted by atomic mass is 35.5. The van der Waals surface area contributed by atoms with Crippen molar-refractivity contribution in [1.82, 2.24) is 0 Å². The molecule has 0 spiro atoms. The molecule has 2 aromatic rings. The molecule has 8 heteroatoms. The molecule has 0 bridgehead atoms. The minimum absolute atomic E-state index is 0.0713. The molecule has 0 aromatic heterocycles. The molecule has 0 atom stereocenters. The Morgan fingerprint density at radius 1 is 0.931 bits per heavy atom. The van der Waals surface area contributed by atoms with Gasteiger partial charge in [0.05, 0.1) is 10.7 Å². The Labute approximate surface area is 174 Å². The van der Waals surface area contributed by atoms with Gasteiger partial charge in [-0.2, -0.15) is 10.5 Å². The van der Waals surface area contributed by atoms with Crippen LogP contribution in [-0.4, -0.2) is 29.7 Å². The summed E-state index contributed by atoms with van der Waals surface area (Å²) < 4.78 is 0. The Morgan fingerprint density at radius 3 is 2.10 bits per heavy atom. The van der Waals surface area contributed by atoms with Crippen molar-refractivity contribution in [3.8, 4) is 12.1 Å². The van der Waals surface area contributed by atoms with E-state index in [0.29, 0.717) is 29.8 Å². The molecule has 0 saturated heterocycles. The lowest BCUT2D eigenvalue weighted by atomic mass is 10.0. The molecule has 29 heavy (non-hydrogen) atoms. The second-order valence-electron chi connectivity index (χ2n) is 6.55. The summed E-state index contributed by atoms with van der Waals surface area (Å²) >= 11 is 6.71. The first-order chi connectivity index (χ1) is 13.9. The normalized spacial score (nSPS) is 13.0. The van der Waals surface area contributed by atoms with E-state index in [2.05, 4.69) is 0 Å². The molecule has 0 radical (unpaired) electrons. The lowest BCUT2D eigenvalue weighted by molar-refractivity contribution is 0.227. The molecule has 3 rings (SSSR count). The summed E-state index contributed by atoms with van der Waals surface area (Å²) in [6, 6.07) is 20.4. The van der Waals surface area contributed by atoms with E-state index in [1.54, 1.807) is 0 Å². The maximum atomic E-state index is 9.40. The molecule has 0 unspecified atom stereocenters. The van der Waals surface area contributed by atoms with Gasteiger partial charge in [-0.05, 0) is 24.1 Å². The third-order valence-corrected chi connectivity index (χ3v) is 5.98. The molecule has 0 amide bonds. The third-order valence-electron chi connectivity index (χ3n) is 4.58. The number of anilines is 1. The summed E-state index contributed by atoms with van der Waals surface area (Å²) in [5, 5.41) is 19.1. The Hall–Kier alpha value is -2.91. The zero-order valence-corrected chi connectivity index (χ0v) is 17.1. The van der Waals surface area contributed by atoms with E-state index in [1.807, 2.05) is 71.6 Å². The predicted molar refractivity (Wildman–Crippen MR) is 113 cm³/mol. The molecule has 6 nitrogen and oxygen atoms in total. The van der Waals surface area contributed by atoms with Gasteiger partial charge in [-0.25, -0.2) is 0 Å². The van der Waals surface area contributed by atoms with E-state index in [9.17, 15) is 24.9 Å². The lowest BCUT2D eigenvalue weighted by Crippen LogP contribution is -2.35. The molecule has 0 aliphatic heterocycles. The average Bonchev–Trinajstić information content (AvgIpc) is 2.99. The molecule has 1 aliphatic carbocycles. The van der Waals surface area contributed by atoms with Crippen LogP contribution < -0.4 is 4.90 Å². The summed E-state index contributed by atoms with van der Waals surface area (Å²) in [5.74, 6) is 0. The van der Waals surface area contributed by atoms with E-state index >= 15 is 0 Å². The zero-order chi connectivity index (χ0) is 21.0. The number of nitrogens with zero attached hydrogens (tertiary/aromatic N) is 3. The number of fused-ring (bicyclic) bond motifs is 1. The molecule has 0 heterocycles. The van der Waals surface area contributed by atoms with Crippen molar-refractivity contribution in [3.05, 3.63) is 76.3 Å². The number of allylic oxidation sites excluding steroid dienone is 3. The first-order valence-corrected chi connectivity index (χ1v) is 11.3. The second kappa shape index (κ2) is 8.62. The Balaban J connectivity index is 2.15. The highest BCUT2D eigenvalue weighted by molar-refractivity contribution is 6.56. The Bertz CT molecular complexity index is 1050. The molecule has 3 N–H and O–H groups in total. The number of hydrogen-bond donors (Lipinski definition) is 3. The monoisotopic (exact) mass is 423 g/mol. The van der Waals surface area contributed by atoms with Crippen molar-refractivity contribution in [2.45, 2.75) is 12.5 Å². The smallest absolute Gasteiger partial charge is 0.390 e. The van der Waals surface area contributed by atoms with E-state index in [4.69, 9.17) is 11.6 Å². The zero-order valence-electron chi connectivity index (χ0n) is 15.4. The highest BCUT2D eigenvalue weighted by Gasteiger charge is 2.33. The van der Waals surface area contributed by atoms with Crippen LogP contribution in [0.5, 0.6) is 0 Å². The van der Waals surface area contributed by atoms with Crippen LogP contribution in [0, 0.1) is 22.7 Å². The standard InChI is InChI=1S/C21H18ClN3O3Si/c22-20-19(15(13-23)14-24)17-9-4-5-10-18(17)21(20)25(11-6-12-29(26,27)28)16-7-2-1-3-8-16/h1-5,7-10,26-28H,6,11-12H2. The van der Waals surface area contributed by atoms with Gasteiger partial charge in [0.1, 0.15) is 17.7 Å². The van der Waals surface area contributed by atoms with Crippen molar-refractivity contribution < 1.29 is 14.4 Å². The van der Waals surface area contributed by atoms with Crippen LogP contribution in [0.1, 0.15) is 17.5 Å². The van der Waals surface area contributed by atoms with Crippen LogP contribution in [0.3, 0.4) is 0 Å².